The highest BCUT2D eigenvalue weighted by Gasteiger charge is 2.25. The summed E-state index contributed by atoms with van der Waals surface area (Å²) in [6.07, 6.45) is 18.8. The summed E-state index contributed by atoms with van der Waals surface area (Å²) in [7, 11) is 0. The van der Waals surface area contributed by atoms with Gasteiger partial charge in [-0.25, -0.2) is 34.7 Å². The molecule has 0 unspecified atom stereocenters. The van der Waals surface area contributed by atoms with Crippen LogP contribution in [0.5, 0.6) is 0 Å². The number of para-hydroxylation sites is 2. The second-order valence-electron chi connectivity index (χ2n) is 17.2. The van der Waals surface area contributed by atoms with Crippen molar-refractivity contribution in [2.45, 2.75) is 96.8 Å². The van der Waals surface area contributed by atoms with E-state index < -0.39 is 5.97 Å². The van der Waals surface area contributed by atoms with Gasteiger partial charge in [-0.1, -0.05) is 43.8 Å². The highest BCUT2D eigenvalue weighted by Crippen LogP contribution is 2.32. The number of fused-ring (bicyclic) bond motifs is 2. The predicted octanol–water partition coefficient (Wildman–Crippen LogP) is 8.68. The van der Waals surface area contributed by atoms with Gasteiger partial charge in [-0.3, -0.25) is 4.79 Å². The van der Waals surface area contributed by atoms with Crippen molar-refractivity contribution in [2.24, 2.45) is 5.73 Å². The van der Waals surface area contributed by atoms with E-state index in [1.165, 1.54) is 36.3 Å². The van der Waals surface area contributed by atoms with Crippen LogP contribution in [0.15, 0.2) is 110 Å². The second-order valence-corrected chi connectivity index (χ2v) is 17.2. The molecule has 68 heavy (non-hydrogen) atoms. The first kappa shape index (κ1) is 48.0. The topological polar surface area (TPSA) is 277 Å². The molecule has 1 amide bonds. The van der Waals surface area contributed by atoms with Gasteiger partial charge in [0.05, 0.1) is 35.2 Å². The largest absolute Gasteiger partial charge is 0.477 e. The van der Waals surface area contributed by atoms with Gasteiger partial charge in [0, 0.05) is 81.9 Å². The van der Waals surface area contributed by atoms with Crippen LogP contribution in [-0.4, -0.2) is 81.0 Å². The Morgan fingerprint density at radius 2 is 1.10 bits per heavy atom. The number of nitrogen functional groups attached to an aromatic ring is 2. The molecular formula is C51H60N14O3. The Labute approximate surface area is 395 Å². The summed E-state index contributed by atoms with van der Waals surface area (Å²) in [5, 5.41) is 20.8. The minimum absolute atomic E-state index is 0. The summed E-state index contributed by atoms with van der Waals surface area (Å²) >= 11 is 0. The molecule has 6 heterocycles. The molecule has 0 radical (unpaired) electrons. The SMILES string of the molecule is C.Cc1cnc(N[C@@H]2CCC[C@H](N)C2)nc1-c1c[nH]c2ccccc12.Cc1cnc(N[C@@H]2CCC[C@H](NC(=O)c3ccc(N)cn3)C2)nc1-c1c[nH]c2ccccc12.Nc1ccc(C(=O)O)nc1. The van der Waals surface area contributed by atoms with Crippen molar-refractivity contribution < 1.29 is 14.7 Å². The summed E-state index contributed by atoms with van der Waals surface area (Å²) in [6.45, 7) is 4.08. The van der Waals surface area contributed by atoms with Crippen molar-refractivity contribution in [3.05, 3.63) is 132 Å². The molecule has 2 aliphatic carbocycles. The standard InChI is InChI=1S/C25H27N7O.C19H23N5.C6H6N2O2.CH4/c1-15-12-29-25(32-23(15)20-14-28-21-8-3-2-7-19(20)21)31-18-6-4-5-17(11-18)30-24(33)22-10-9-16(26)13-27-22;1-12-10-22-19(23-14-6-4-5-13(20)9-14)24-18(12)16-11-21-17-8-3-2-7-15(16)17;7-4-1-2-5(6(9)10)8-3-4;/h2-3,7-10,12-14,17-18,28H,4-6,11,26H2,1H3,(H,30,33)(H,29,31,32);2-3,7-8,10-11,13-14,21H,4-6,9,20H2,1H3,(H,22,23,24);1-3H,7H2,(H,9,10);1H4/t17-,18+;13-,14+;;/m00../s1. The number of aromatic nitrogens is 8. The third-order valence-corrected chi connectivity index (χ3v) is 12.0. The molecule has 0 saturated heterocycles. The number of nitrogens with two attached hydrogens (primary N) is 3. The number of hydrogen-bond acceptors (Lipinski definition) is 13. The van der Waals surface area contributed by atoms with Crippen molar-refractivity contribution in [3.63, 3.8) is 0 Å². The zero-order valence-electron chi connectivity index (χ0n) is 37.5. The van der Waals surface area contributed by atoms with Crippen LogP contribution in [0.3, 0.4) is 0 Å². The van der Waals surface area contributed by atoms with Crippen LogP contribution in [0.4, 0.5) is 23.3 Å². The number of aryl methyl sites for hydroxylation is 2. The molecule has 2 aromatic carbocycles. The van der Waals surface area contributed by atoms with Crippen molar-refractivity contribution in [2.75, 3.05) is 22.1 Å². The fourth-order valence-corrected chi connectivity index (χ4v) is 8.61. The third-order valence-electron chi connectivity index (χ3n) is 12.0. The van der Waals surface area contributed by atoms with Gasteiger partial charge in [-0.15, -0.1) is 0 Å². The van der Waals surface area contributed by atoms with Crippen molar-refractivity contribution in [3.8, 4) is 22.5 Å². The van der Waals surface area contributed by atoms with Crippen molar-refractivity contribution >= 4 is 57.0 Å². The Hall–Kier alpha value is -7.92. The lowest BCUT2D eigenvalue weighted by Gasteiger charge is -2.30. The summed E-state index contributed by atoms with van der Waals surface area (Å²) < 4.78 is 0. The Bertz CT molecular complexity index is 2950. The van der Waals surface area contributed by atoms with Gasteiger partial charge in [-0.05, 0) is 113 Å². The number of carboxylic acids is 1. The molecule has 10 rings (SSSR count). The van der Waals surface area contributed by atoms with E-state index in [2.05, 4.69) is 83.1 Å². The van der Waals surface area contributed by atoms with Crippen LogP contribution in [-0.2, 0) is 0 Å². The van der Waals surface area contributed by atoms with Crippen LogP contribution < -0.4 is 33.2 Å². The van der Waals surface area contributed by atoms with Crippen LogP contribution >= 0.6 is 0 Å². The first-order valence-electron chi connectivity index (χ1n) is 22.5. The molecule has 0 aliphatic heterocycles. The molecule has 17 nitrogen and oxygen atoms in total. The quantitative estimate of drug-likeness (QED) is 0.0655. The average Bonchev–Trinajstić information content (AvgIpc) is 3.96. The minimum Gasteiger partial charge on any atom is -0.477 e. The maximum absolute atomic E-state index is 12.5. The van der Waals surface area contributed by atoms with Crippen molar-refractivity contribution in [1.29, 1.82) is 0 Å². The van der Waals surface area contributed by atoms with E-state index in [1.54, 1.807) is 12.1 Å². The Morgan fingerprint density at radius 3 is 1.60 bits per heavy atom. The number of benzene rings is 2. The van der Waals surface area contributed by atoms with Gasteiger partial charge in [0.1, 0.15) is 11.4 Å². The Balaban J connectivity index is 0.000000170. The lowest BCUT2D eigenvalue weighted by atomic mass is 9.91. The molecule has 0 bridgehead atoms. The molecule has 2 saturated carbocycles. The fraction of sp³-hybridized carbons (Fsp3) is 0.294. The Morgan fingerprint density at radius 1 is 0.618 bits per heavy atom. The van der Waals surface area contributed by atoms with Crippen LogP contribution in [0, 0.1) is 13.8 Å². The number of anilines is 4. The number of carbonyl (C=O) groups excluding carboxylic acids is 1. The number of carboxylic acid groups (broad SMARTS) is 1. The van der Waals surface area contributed by atoms with E-state index in [4.69, 9.17) is 32.3 Å². The first-order valence-corrected chi connectivity index (χ1v) is 22.5. The van der Waals surface area contributed by atoms with Crippen LogP contribution in [0.25, 0.3) is 44.3 Å². The predicted molar refractivity (Wildman–Crippen MR) is 270 cm³/mol. The molecule has 2 aliphatic rings. The number of aromatic amines is 2. The maximum atomic E-state index is 12.5. The summed E-state index contributed by atoms with van der Waals surface area (Å²) in [6, 6.07) is 23.6. The molecular weight excluding hydrogens is 857 g/mol. The van der Waals surface area contributed by atoms with E-state index >= 15 is 0 Å². The first-order chi connectivity index (χ1) is 32.5. The highest BCUT2D eigenvalue weighted by atomic mass is 16.4. The second kappa shape index (κ2) is 22.0. The lowest BCUT2D eigenvalue weighted by Crippen LogP contribution is -2.42. The van der Waals surface area contributed by atoms with Crippen LogP contribution in [0.2, 0.25) is 0 Å². The van der Waals surface area contributed by atoms with Crippen molar-refractivity contribution in [1.82, 2.24) is 45.2 Å². The number of hydrogen-bond donors (Lipinski definition) is 9. The zero-order valence-corrected chi connectivity index (χ0v) is 37.5. The minimum atomic E-state index is -1.04. The van der Waals surface area contributed by atoms with E-state index in [-0.39, 0.29) is 37.2 Å². The number of aromatic carboxylic acids is 1. The molecule has 6 aromatic heterocycles. The summed E-state index contributed by atoms with van der Waals surface area (Å²) in [4.78, 5) is 55.7. The van der Waals surface area contributed by atoms with E-state index in [0.717, 1.165) is 95.0 Å². The summed E-state index contributed by atoms with van der Waals surface area (Å²) in [5.74, 6) is 0.0897. The average molecular weight is 917 g/mol. The van der Waals surface area contributed by atoms with Gasteiger partial charge in [0.25, 0.3) is 5.91 Å². The molecule has 0 spiro atoms. The van der Waals surface area contributed by atoms with Crippen LogP contribution in [0.1, 0.15) is 90.9 Å². The van der Waals surface area contributed by atoms with E-state index in [1.807, 2.05) is 49.9 Å². The number of amides is 1. The number of H-pyrrole nitrogens is 2. The number of nitrogens with one attached hydrogen (secondary N) is 5. The zero-order chi connectivity index (χ0) is 46.9. The summed E-state index contributed by atoms with van der Waals surface area (Å²) in [5.41, 5.74) is 26.8. The van der Waals surface area contributed by atoms with Gasteiger partial charge in [-0.2, -0.15) is 0 Å². The molecule has 17 heteroatoms. The highest BCUT2D eigenvalue weighted by molar-refractivity contribution is 5.96. The maximum Gasteiger partial charge on any atom is 0.354 e. The normalized spacial score (nSPS) is 17.6. The molecule has 12 N–H and O–H groups in total. The smallest absolute Gasteiger partial charge is 0.354 e. The number of rotatable bonds is 9. The van der Waals surface area contributed by atoms with E-state index in [0.29, 0.717) is 35.0 Å². The Kier molecular flexibility index (Phi) is 15.6. The number of carbonyl (C=O) groups is 2. The van der Waals surface area contributed by atoms with Gasteiger partial charge in [0.2, 0.25) is 11.9 Å². The third kappa shape index (κ3) is 11.9. The molecule has 352 valence electrons. The fourth-order valence-electron chi connectivity index (χ4n) is 8.61. The molecule has 2 fully saturated rings. The van der Waals surface area contributed by atoms with Gasteiger partial charge >= 0.3 is 5.97 Å². The van der Waals surface area contributed by atoms with Gasteiger partial charge < -0.3 is 48.2 Å². The van der Waals surface area contributed by atoms with E-state index in [9.17, 15) is 9.59 Å². The monoisotopic (exact) mass is 916 g/mol. The number of nitrogens with zero attached hydrogens (tertiary/aromatic N) is 6. The number of pyridine rings is 2. The van der Waals surface area contributed by atoms with Gasteiger partial charge in [0.15, 0.2) is 0 Å². The molecule has 4 atom stereocenters. The molecule has 8 aromatic rings. The lowest BCUT2D eigenvalue weighted by molar-refractivity contribution is 0.0690.